The fourth-order valence-electron chi connectivity index (χ4n) is 1.36. The van der Waals surface area contributed by atoms with E-state index in [-0.39, 0.29) is 6.04 Å². The van der Waals surface area contributed by atoms with Gasteiger partial charge in [-0.25, -0.2) is 4.98 Å². The Morgan fingerprint density at radius 2 is 2.27 bits per heavy atom. The first-order valence-corrected chi connectivity index (χ1v) is 7.11. The standard InChI is InChI=1S/C10H11BrN2S2/c1-6-13-8(5-14-6)3-9(12)7-2-10(11)15-4-7/h2,4-5,9H,3,12H2,1H3. The number of thiophene rings is 1. The van der Waals surface area contributed by atoms with Crippen LogP contribution in [0.25, 0.3) is 0 Å². The minimum atomic E-state index is 0.0500. The van der Waals surface area contributed by atoms with E-state index in [2.05, 4.69) is 37.7 Å². The second-order valence-electron chi connectivity index (χ2n) is 3.35. The number of nitrogens with zero attached hydrogens (tertiary/aromatic N) is 1. The number of hydrogen-bond acceptors (Lipinski definition) is 4. The molecular weight excluding hydrogens is 292 g/mol. The SMILES string of the molecule is Cc1nc(CC(N)c2csc(Br)c2)cs1. The summed E-state index contributed by atoms with van der Waals surface area (Å²) in [5, 5.41) is 5.27. The van der Waals surface area contributed by atoms with Crippen LogP contribution in [0.3, 0.4) is 0 Å². The molecule has 1 unspecified atom stereocenters. The average molecular weight is 303 g/mol. The Bertz CT molecular complexity index is 450. The van der Waals surface area contributed by atoms with Crippen LogP contribution in [0, 0.1) is 6.92 Å². The van der Waals surface area contributed by atoms with Crippen molar-refractivity contribution in [2.24, 2.45) is 5.73 Å². The smallest absolute Gasteiger partial charge is 0.0897 e. The molecule has 0 radical (unpaired) electrons. The lowest BCUT2D eigenvalue weighted by molar-refractivity contribution is 0.711. The lowest BCUT2D eigenvalue weighted by atomic mass is 10.1. The molecule has 2 heterocycles. The maximum absolute atomic E-state index is 6.10. The second-order valence-corrected chi connectivity index (χ2v) is 6.71. The molecular formula is C10H11BrN2S2. The minimum Gasteiger partial charge on any atom is -0.324 e. The maximum Gasteiger partial charge on any atom is 0.0897 e. The van der Waals surface area contributed by atoms with Gasteiger partial charge >= 0.3 is 0 Å². The van der Waals surface area contributed by atoms with Crippen LogP contribution in [0.4, 0.5) is 0 Å². The zero-order valence-electron chi connectivity index (χ0n) is 8.24. The number of halogens is 1. The monoisotopic (exact) mass is 302 g/mol. The van der Waals surface area contributed by atoms with Gasteiger partial charge in [-0.2, -0.15) is 0 Å². The van der Waals surface area contributed by atoms with Gasteiger partial charge in [0.05, 0.1) is 14.5 Å². The quantitative estimate of drug-likeness (QED) is 0.942. The van der Waals surface area contributed by atoms with Crippen molar-refractivity contribution in [2.75, 3.05) is 0 Å². The molecule has 0 fully saturated rings. The second kappa shape index (κ2) is 4.74. The summed E-state index contributed by atoms with van der Waals surface area (Å²) in [7, 11) is 0. The van der Waals surface area contributed by atoms with E-state index in [1.165, 1.54) is 5.56 Å². The van der Waals surface area contributed by atoms with Gasteiger partial charge in [-0.3, -0.25) is 0 Å². The summed E-state index contributed by atoms with van der Waals surface area (Å²) in [6.45, 7) is 2.01. The van der Waals surface area contributed by atoms with Crippen LogP contribution in [0.2, 0.25) is 0 Å². The van der Waals surface area contributed by atoms with Crippen LogP contribution in [0.1, 0.15) is 22.3 Å². The molecule has 0 aliphatic rings. The summed E-state index contributed by atoms with van der Waals surface area (Å²) in [5.74, 6) is 0. The summed E-state index contributed by atoms with van der Waals surface area (Å²) in [4.78, 5) is 4.41. The lowest BCUT2D eigenvalue weighted by Crippen LogP contribution is -2.12. The molecule has 0 saturated carbocycles. The number of aryl methyl sites for hydroxylation is 1. The minimum absolute atomic E-state index is 0.0500. The average Bonchev–Trinajstić information content (AvgIpc) is 2.75. The van der Waals surface area contributed by atoms with E-state index in [9.17, 15) is 0 Å². The Morgan fingerprint density at radius 3 is 2.80 bits per heavy atom. The van der Waals surface area contributed by atoms with Crippen molar-refractivity contribution >= 4 is 38.6 Å². The van der Waals surface area contributed by atoms with Gasteiger partial charge in [-0.1, -0.05) is 0 Å². The van der Waals surface area contributed by atoms with Crippen LogP contribution in [0.15, 0.2) is 20.6 Å². The summed E-state index contributed by atoms with van der Waals surface area (Å²) in [6.07, 6.45) is 0.813. The van der Waals surface area contributed by atoms with Crippen molar-refractivity contribution in [2.45, 2.75) is 19.4 Å². The molecule has 0 aliphatic carbocycles. The third-order valence-corrected chi connectivity index (χ3v) is 4.46. The summed E-state index contributed by atoms with van der Waals surface area (Å²) < 4.78 is 1.13. The third kappa shape index (κ3) is 2.87. The topological polar surface area (TPSA) is 38.9 Å². The predicted octanol–water partition coefficient (Wildman–Crippen LogP) is 3.52. The van der Waals surface area contributed by atoms with Gasteiger partial charge in [0.15, 0.2) is 0 Å². The molecule has 0 spiro atoms. The van der Waals surface area contributed by atoms with Crippen molar-refractivity contribution < 1.29 is 0 Å². The molecule has 2 rings (SSSR count). The Morgan fingerprint density at radius 1 is 1.47 bits per heavy atom. The molecule has 0 aliphatic heterocycles. The highest BCUT2D eigenvalue weighted by atomic mass is 79.9. The highest BCUT2D eigenvalue weighted by molar-refractivity contribution is 9.11. The highest BCUT2D eigenvalue weighted by Crippen LogP contribution is 2.26. The van der Waals surface area contributed by atoms with E-state index in [4.69, 9.17) is 5.73 Å². The number of aromatic nitrogens is 1. The van der Waals surface area contributed by atoms with Gasteiger partial charge in [0.2, 0.25) is 0 Å². The van der Waals surface area contributed by atoms with Crippen LogP contribution in [-0.2, 0) is 6.42 Å². The fraction of sp³-hybridized carbons (Fsp3) is 0.300. The zero-order valence-corrected chi connectivity index (χ0v) is 11.5. The van der Waals surface area contributed by atoms with E-state index >= 15 is 0 Å². The largest absolute Gasteiger partial charge is 0.324 e. The van der Waals surface area contributed by atoms with Gasteiger partial charge in [-0.05, 0) is 39.9 Å². The predicted molar refractivity (Wildman–Crippen MR) is 69.5 cm³/mol. The molecule has 15 heavy (non-hydrogen) atoms. The molecule has 0 amide bonds. The van der Waals surface area contributed by atoms with Gasteiger partial charge in [0.1, 0.15) is 0 Å². The first-order valence-electron chi connectivity index (χ1n) is 4.55. The van der Waals surface area contributed by atoms with Crippen LogP contribution in [-0.4, -0.2) is 4.98 Å². The van der Waals surface area contributed by atoms with E-state index in [1.54, 1.807) is 22.7 Å². The van der Waals surface area contributed by atoms with Gasteiger partial charge in [-0.15, -0.1) is 22.7 Å². The highest BCUT2D eigenvalue weighted by Gasteiger charge is 2.10. The molecule has 80 valence electrons. The molecule has 1 atom stereocenters. The Hall–Kier alpha value is -0.230. The summed E-state index contributed by atoms with van der Waals surface area (Å²) in [5.41, 5.74) is 8.37. The number of nitrogens with two attached hydrogens (primary N) is 1. The van der Waals surface area contributed by atoms with Crippen LogP contribution in [0.5, 0.6) is 0 Å². The van der Waals surface area contributed by atoms with E-state index in [0.29, 0.717) is 0 Å². The summed E-state index contributed by atoms with van der Waals surface area (Å²) in [6, 6.07) is 2.13. The van der Waals surface area contributed by atoms with E-state index < -0.39 is 0 Å². The van der Waals surface area contributed by atoms with Crippen molar-refractivity contribution in [3.8, 4) is 0 Å². The third-order valence-electron chi connectivity index (χ3n) is 2.11. The molecule has 0 bridgehead atoms. The first-order chi connectivity index (χ1) is 7.15. The van der Waals surface area contributed by atoms with Crippen molar-refractivity contribution in [3.63, 3.8) is 0 Å². The Balaban J connectivity index is 2.06. The summed E-state index contributed by atoms with van der Waals surface area (Å²) >= 11 is 6.78. The number of hydrogen-bond donors (Lipinski definition) is 1. The molecule has 0 aromatic carbocycles. The zero-order chi connectivity index (χ0) is 10.8. The van der Waals surface area contributed by atoms with Crippen LogP contribution >= 0.6 is 38.6 Å². The van der Waals surface area contributed by atoms with E-state index in [1.807, 2.05) is 6.92 Å². The number of rotatable bonds is 3. The van der Waals surface area contributed by atoms with Crippen molar-refractivity contribution in [1.29, 1.82) is 0 Å². The van der Waals surface area contributed by atoms with Crippen molar-refractivity contribution in [3.05, 3.63) is 36.9 Å². The lowest BCUT2D eigenvalue weighted by Gasteiger charge is -2.06. The molecule has 0 saturated heterocycles. The van der Waals surface area contributed by atoms with Crippen molar-refractivity contribution in [1.82, 2.24) is 4.98 Å². The van der Waals surface area contributed by atoms with Gasteiger partial charge in [0, 0.05) is 17.8 Å². The molecule has 2 aromatic rings. The molecule has 2 aromatic heterocycles. The van der Waals surface area contributed by atoms with Crippen LogP contribution < -0.4 is 5.73 Å². The molecule has 2 N–H and O–H groups in total. The van der Waals surface area contributed by atoms with Gasteiger partial charge < -0.3 is 5.73 Å². The van der Waals surface area contributed by atoms with E-state index in [0.717, 1.165) is 20.9 Å². The Labute approximate surface area is 105 Å². The molecule has 2 nitrogen and oxygen atoms in total. The molecule has 5 heteroatoms. The number of thiazole rings is 1. The fourth-order valence-corrected chi connectivity index (χ4v) is 3.23. The Kier molecular flexibility index (Phi) is 3.56. The maximum atomic E-state index is 6.10. The van der Waals surface area contributed by atoms with Gasteiger partial charge in [0.25, 0.3) is 0 Å². The first kappa shape index (κ1) is 11.3. The normalized spacial score (nSPS) is 13.0.